The molecule has 1 unspecified atom stereocenters. The summed E-state index contributed by atoms with van der Waals surface area (Å²) in [6.07, 6.45) is -9.74. The minimum Gasteiger partial charge on any atom is -0.316 e. The maximum Gasteiger partial charge on any atom is 0.409 e. The lowest BCUT2D eigenvalue weighted by Gasteiger charge is -2.33. The molecule has 1 amide bonds. The first-order chi connectivity index (χ1) is 12.2. The van der Waals surface area contributed by atoms with Crippen molar-refractivity contribution in [1.29, 1.82) is 5.26 Å². The van der Waals surface area contributed by atoms with Crippen LogP contribution in [0.15, 0.2) is 0 Å². The third-order valence-corrected chi connectivity index (χ3v) is 5.93. The van der Waals surface area contributed by atoms with Crippen LogP contribution in [0.5, 0.6) is 0 Å². The minimum absolute atomic E-state index is 0.0322. The van der Waals surface area contributed by atoms with Crippen LogP contribution in [-0.2, 0) is 17.6 Å². The summed E-state index contributed by atoms with van der Waals surface area (Å²) in [5.41, 5.74) is 0.530. The number of thiophene rings is 1. The summed E-state index contributed by atoms with van der Waals surface area (Å²) < 4.78 is 76.3. The number of carbonyl (C=O) groups excluding carboxylic acids is 1. The van der Waals surface area contributed by atoms with E-state index in [1.807, 2.05) is 26.8 Å². The maximum atomic E-state index is 12.7. The van der Waals surface area contributed by atoms with E-state index in [2.05, 4.69) is 0 Å². The van der Waals surface area contributed by atoms with E-state index >= 15 is 0 Å². The highest BCUT2D eigenvalue weighted by atomic mass is 32.1. The molecular formula is C17H18F6N2OS. The van der Waals surface area contributed by atoms with Gasteiger partial charge in [-0.3, -0.25) is 4.79 Å². The smallest absolute Gasteiger partial charge is 0.316 e. The molecule has 1 aromatic rings. The number of halogens is 6. The first-order valence-corrected chi connectivity index (χ1v) is 8.96. The third-order valence-electron chi connectivity index (χ3n) is 4.76. The van der Waals surface area contributed by atoms with Crippen molar-refractivity contribution in [2.24, 2.45) is 17.3 Å². The fourth-order valence-corrected chi connectivity index (χ4v) is 4.48. The molecule has 1 aliphatic rings. The van der Waals surface area contributed by atoms with E-state index in [-0.39, 0.29) is 21.9 Å². The summed E-state index contributed by atoms with van der Waals surface area (Å²) in [6, 6.07) is 1.81. The van der Waals surface area contributed by atoms with E-state index in [9.17, 15) is 36.4 Å². The molecule has 0 saturated heterocycles. The number of alkyl halides is 6. The molecule has 0 spiro atoms. The molecule has 0 saturated carbocycles. The van der Waals surface area contributed by atoms with Crippen molar-refractivity contribution in [2.45, 2.75) is 52.4 Å². The zero-order valence-electron chi connectivity index (χ0n) is 14.8. The highest BCUT2D eigenvalue weighted by molar-refractivity contribution is 7.16. The monoisotopic (exact) mass is 412 g/mol. The van der Waals surface area contributed by atoms with Crippen LogP contribution in [0.4, 0.5) is 31.3 Å². The van der Waals surface area contributed by atoms with Crippen LogP contribution in [0.3, 0.4) is 0 Å². The molecule has 10 heteroatoms. The second kappa shape index (κ2) is 7.00. The molecule has 0 aromatic carbocycles. The Hall–Kier alpha value is -1.76. The Morgan fingerprint density at radius 1 is 1.19 bits per heavy atom. The van der Waals surface area contributed by atoms with Gasteiger partial charge in [-0.05, 0) is 36.2 Å². The van der Waals surface area contributed by atoms with Crippen LogP contribution in [0, 0.1) is 28.6 Å². The Kier molecular flexibility index (Phi) is 5.59. The lowest BCUT2D eigenvalue weighted by Crippen LogP contribution is -2.45. The number of rotatable bonds is 2. The molecule has 1 heterocycles. The van der Waals surface area contributed by atoms with Crippen LogP contribution in [0.25, 0.3) is 0 Å². The number of nitriles is 1. The van der Waals surface area contributed by atoms with Gasteiger partial charge in [-0.2, -0.15) is 31.6 Å². The third kappa shape index (κ3) is 4.57. The number of hydrogen-bond acceptors (Lipinski definition) is 3. The molecule has 0 radical (unpaired) electrons. The molecule has 2 rings (SSSR count). The first-order valence-electron chi connectivity index (χ1n) is 8.15. The summed E-state index contributed by atoms with van der Waals surface area (Å²) in [6.45, 7) is 6.13. The summed E-state index contributed by atoms with van der Waals surface area (Å²) in [4.78, 5) is 12.5. The van der Waals surface area contributed by atoms with Crippen LogP contribution in [0.1, 0.15) is 43.2 Å². The van der Waals surface area contributed by atoms with Gasteiger partial charge >= 0.3 is 12.4 Å². The fourth-order valence-electron chi connectivity index (χ4n) is 3.20. The summed E-state index contributed by atoms with van der Waals surface area (Å²) in [7, 11) is 0. The fraction of sp³-hybridized carbons (Fsp3) is 0.647. The van der Waals surface area contributed by atoms with Crippen molar-refractivity contribution >= 4 is 22.2 Å². The van der Waals surface area contributed by atoms with E-state index < -0.39 is 24.2 Å². The highest BCUT2D eigenvalue weighted by Gasteiger charge is 2.61. The number of fused-ring (bicyclic) bond motifs is 1. The zero-order chi connectivity index (χ0) is 20.8. The minimum atomic E-state index is -5.77. The molecule has 3 nitrogen and oxygen atoms in total. The van der Waals surface area contributed by atoms with Crippen molar-refractivity contribution in [1.82, 2.24) is 0 Å². The Balaban J connectivity index is 2.34. The predicted molar refractivity (Wildman–Crippen MR) is 88.2 cm³/mol. The number of hydrogen-bond donors (Lipinski definition) is 1. The number of nitrogens with zero attached hydrogens (tertiary/aromatic N) is 1. The summed E-state index contributed by atoms with van der Waals surface area (Å²) >= 11 is 0.884. The summed E-state index contributed by atoms with van der Waals surface area (Å²) in [5, 5.41) is 10.8. The van der Waals surface area contributed by atoms with Gasteiger partial charge in [-0.15, -0.1) is 11.3 Å². The van der Waals surface area contributed by atoms with E-state index in [0.717, 1.165) is 22.6 Å². The Labute approximate surface area is 156 Å². The predicted octanol–water partition coefficient (Wildman–Crippen LogP) is 5.45. The van der Waals surface area contributed by atoms with Gasteiger partial charge in [-0.1, -0.05) is 20.8 Å². The molecular weight excluding hydrogens is 394 g/mol. The van der Waals surface area contributed by atoms with Gasteiger partial charge < -0.3 is 5.32 Å². The number of amides is 1. The zero-order valence-corrected chi connectivity index (χ0v) is 15.6. The second-order valence-corrected chi connectivity index (χ2v) is 8.74. The Morgan fingerprint density at radius 2 is 1.74 bits per heavy atom. The van der Waals surface area contributed by atoms with Gasteiger partial charge in [0, 0.05) is 4.88 Å². The molecule has 27 heavy (non-hydrogen) atoms. The van der Waals surface area contributed by atoms with Crippen LogP contribution < -0.4 is 5.32 Å². The molecule has 1 aliphatic carbocycles. The number of carbonyl (C=O) groups is 1. The average Bonchev–Trinajstić information content (AvgIpc) is 2.78. The van der Waals surface area contributed by atoms with E-state index in [0.29, 0.717) is 18.4 Å². The van der Waals surface area contributed by atoms with Crippen molar-refractivity contribution in [2.75, 3.05) is 5.32 Å². The van der Waals surface area contributed by atoms with Crippen LogP contribution in [-0.4, -0.2) is 18.3 Å². The molecule has 1 aromatic heterocycles. The van der Waals surface area contributed by atoms with Crippen molar-refractivity contribution < 1.29 is 31.1 Å². The van der Waals surface area contributed by atoms with Gasteiger partial charge in [0.05, 0.1) is 5.56 Å². The average molecular weight is 412 g/mol. The van der Waals surface area contributed by atoms with Gasteiger partial charge in [0.25, 0.3) is 0 Å². The number of anilines is 1. The van der Waals surface area contributed by atoms with Crippen molar-refractivity contribution in [3.8, 4) is 6.07 Å². The normalized spacial score (nSPS) is 18.2. The second-order valence-electron chi connectivity index (χ2n) is 7.63. The molecule has 0 bridgehead atoms. The highest BCUT2D eigenvalue weighted by Crippen LogP contribution is 2.45. The molecule has 0 fully saturated rings. The molecule has 150 valence electrons. The van der Waals surface area contributed by atoms with Gasteiger partial charge in [0.15, 0.2) is 0 Å². The molecule has 0 aliphatic heterocycles. The van der Waals surface area contributed by atoms with E-state index in [1.54, 1.807) is 5.32 Å². The quantitative estimate of drug-likeness (QED) is 0.657. The lowest BCUT2D eigenvalue weighted by molar-refractivity contribution is -0.272. The molecule has 1 atom stereocenters. The van der Waals surface area contributed by atoms with Crippen LogP contribution >= 0.6 is 11.3 Å². The van der Waals surface area contributed by atoms with Crippen molar-refractivity contribution in [3.05, 3.63) is 16.0 Å². The summed E-state index contributed by atoms with van der Waals surface area (Å²) in [5.74, 6) is -6.10. The van der Waals surface area contributed by atoms with Gasteiger partial charge in [0.1, 0.15) is 11.1 Å². The lowest BCUT2D eigenvalue weighted by atomic mass is 9.72. The van der Waals surface area contributed by atoms with Crippen molar-refractivity contribution in [3.63, 3.8) is 0 Å². The van der Waals surface area contributed by atoms with Gasteiger partial charge in [0.2, 0.25) is 11.8 Å². The van der Waals surface area contributed by atoms with Gasteiger partial charge in [-0.25, -0.2) is 0 Å². The number of nitrogens with one attached hydrogen (secondary N) is 1. The first kappa shape index (κ1) is 21.5. The van der Waals surface area contributed by atoms with Crippen LogP contribution in [0.2, 0.25) is 0 Å². The van der Waals surface area contributed by atoms with E-state index in [4.69, 9.17) is 0 Å². The Morgan fingerprint density at radius 3 is 2.19 bits per heavy atom. The standard InChI is InChI=1S/C17H18F6N2OS/c1-15(2,3)8-4-5-9-10(7-24)14(27-11(9)6-8)25-13(26)12(16(18,19)20)17(21,22)23/h8,12H,4-6H2,1-3H3,(H,25,26). The Bertz CT molecular complexity index is 753. The maximum absolute atomic E-state index is 12.7. The SMILES string of the molecule is CC(C)(C)C1CCc2c(sc(NC(=O)C(C(F)(F)F)C(F)(F)F)c2C#N)C1. The largest absolute Gasteiger partial charge is 0.409 e. The molecule has 1 N–H and O–H groups in total. The topological polar surface area (TPSA) is 52.9 Å². The van der Waals surface area contributed by atoms with E-state index in [1.165, 1.54) is 0 Å².